The Balaban J connectivity index is 2.25. The van der Waals surface area contributed by atoms with Gasteiger partial charge in [-0.1, -0.05) is 31.2 Å². The first-order chi connectivity index (χ1) is 9.45. The van der Waals surface area contributed by atoms with Crippen molar-refractivity contribution in [2.75, 3.05) is 0 Å². The van der Waals surface area contributed by atoms with Crippen LogP contribution in [-0.4, -0.2) is 11.1 Å². The zero-order valence-electron chi connectivity index (χ0n) is 10.9. The van der Waals surface area contributed by atoms with E-state index in [0.717, 1.165) is 11.6 Å². The Morgan fingerprint density at radius 3 is 2.10 bits per heavy atom. The minimum Gasteiger partial charge on any atom is -0.481 e. The van der Waals surface area contributed by atoms with Gasteiger partial charge in [0, 0.05) is 6.07 Å². The van der Waals surface area contributed by atoms with Crippen LogP contribution in [0.3, 0.4) is 0 Å². The van der Waals surface area contributed by atoms with Gasteiger partial charge in [-0.15, -0.1) is 0 Å². The maximum Gasteiger partial charge on any atom is 0.303 e. The Kier molecular flexibility index (Phi) is 4.13. The zero-order chi connectivity index (χ0) is 14.7. The van der Waals surface area contributed by atoms with Crippen LogP contribution in [0.25, 0.3) is 11.1 Å². The summed E-state index contributed by atoms with van der Waals surface area (Å²) in [6, 6.07) is 10.4. The number of carbonyl (C=O) groups is 1. The average molecular weight is 276 g/mol. The summed E-state index contributed by atoms with van der Waals surface area (Å²) < 4.78 is 26.3. The van der Waals surface area contributed by atoms with Crippen molar-refractivity contribution in [1.29, 1.82) is 0 Å². The van der Waals surface area contributed by atoms with Gasteiger partial charge in [0.15, 0.2) is 0 Å². The molecule has 20 heavy (non-hydrogen) atoms. The van der Waals surface area contributed by atoms with E-state index in [0.29, 0.717) is 11.1 Å². The first-order valence-corrected chi connectivity index (χ1v) is 6.24. The normalized spacial score (nSPS) is 12.2. The number of aliphatic carboxylic acids is 1. The number of carboxylic acids is 1. The number of benzene rings is 2. The molecule has 0 radical (unpaired) electrons. The summed E-state index contributed by atoms with van der Waals surface area (Å²) in [6.07, 6.45) is 0.0495. The second kappa shape index (κ2) is 5.82. The predicted molar refractivity (Wildman–Crippen MR) is 72.5 cm³/mol. The van der Waals surface area contributed by atoms with Gasteiger partial charge in [-0.25, -0.2) is 8.78 Å². The van der Waals surface area contributed by atoms with Crippen molar-refractivity contribution in [3.8, 4) is 11.1 Å². The number of carboxylic acid groups (broad SMARTS) is 1. The highest BCUT2D eigenvalue weighted by atomic mass is 19.1. The average Bonchev–Trinajstić information content (AvgIpc) is 2.37. The maximum atomic E-state index is 13.2. The summed E-state index contributed by atoms with van der Waals surface area (Å²) in [5.41, 5.74) is 2.03. The van der Waals surface area contributed by atoms with Gasteiger partial charge < -0.3 is 5.11 Å². The zero-order valence-corrected chi connectivity index (χ0v) is 10.9. The van der Waals surface area contributed by atoms with E-state index in [1.165, 1.54) is 12.1 Å². The van der Waals surface area contributed by atoms with Crippen LogP contribution in [0.1, 0.15) is 24.8 Å². The molecular formula is C16H14F2O2. The molecule has 0 aromatic heterocycles. The molecule has 0 aliphatic heterocycles. The van der Waals surface area contributed by atoms with Gasteiger partial charge in [0.2, 0.25) is 0 Å². The largest absolute Gasteiger partial charge is 0.481 e. The number of hydrogen-bond acceptors (Lipinski definition) is 1. The van der Waals surface area contributed by atoms with Gasteiger partial charge in [0.25, 0.3) is 0 Å². The Hall–Kier alpha value is -2.23. The van der Waals surface area contributed by atoms with Crippen LogP contribution >= 0.6 is 0 Å². The second-order valence-electron chi connectivity index (χ2n) is 4.78. The SMILES string of the molecule is CC(CC(=O)O)c1ccc(-c2cc(F)cc(F)c2)cc1. The molecule has 104 valence electrons. The Bertz CT molecular complexity index is 601. The highest BCUT2D eigenvalue weighted by Crippen LogP contribution is 2.25. The second-order valence-corrected chi connectivity index (χ2v) is 4.78. The molecule has 2 aromatic carbocycles. The van der Waals surface area contributed by atoms with E-state index in [9.17, 15) is 13.6 Å². The monoisotopic (exact) mass is 276 g/mol. The van der Waals surface area contributed by atoms with Crippen molar-refractivity contribution in [1.82, 2.24) is 0 Å². The maximum absolute atomic E-state index is 13.2. The fraction of sp³-hybridized carbons (Fsp3) is 0.188. The summed E-state index contributed by atoms with van der Waals surface area (Å²) in [7, 11) is 0. The van der Waals surface area contributed by atoms with Crippen LogP contribution in [0.15, 0.2) is 42.5 Å². The van der Waals surface area contributed by atoms with E-state index >= 15 is 0 Å². The van der Waals surface area contributed by atoms with Gasteiger partial charge in [-0.3, -0.25) is 4.79 Å². The number of hydrogen-bond donors (Lipinski definition) is 1. The summed E-state index contributed by atoms with van der Waals surface area (Å²) in [5.74, 6) is -2.20. The van der Waals surface area contributed by atoms with Crippen molar-refractivity contribution >= 4 is 5.97 Å². The third kappa shape index (κ3) is 3.41. The van der Waals surface area contributed by atoms with Crippen molar-refractivity contribution in [2.24, 2.45) is 0 Å². The molecule has 0 saturated heterocycles. The minimum absolute atomic E-state index is 0.0495. The van der Waals surface area contributed by atoms with Gasteiger partial charge in [-0.05, 0) is 34.7 Å². The van der Waals surface area contributed by atoms with E-state index in [1.54, 1.807) is 24.3 Å². The van der Waals surface area contributed by atoms with Crippen LogP contribution in [0.4, 0.5) is 8.78 Å². The molecule has 0 aliphatic rings. The van der Waals surface area contributed by atoms with Gasteiger partial charge in [0.1, 0.15) is 11.6 Å². The van der Waals surface area contributed by atoms with Crippen LogP contribution < -0.4 is 0 Å². The lowest BCUT2D eigenvalue weighted by Crippen LogP contribution is -2.02. The third-order valence-electron chi connectivity index (χ3n) is 3.16. The fourth-order valence-corrected chi connectivity index (χ4v) is 2.10. The molecule has 1 N–H and O–H groups in total. The molecule has 0 heterocycles. The summed E-state index contributed by atoms with van der Waals surface area (Å²) in [4.78, 5) is 10.7. The Morgan fingerprint density at radius 1 is 1.05 bits per heavy atom. The first-order valence-electron chi connectivity index (χ1n) is 6.24. The van der Waals surface area contributed by atoms with Crippen LogP contribution in [0.5, 0.6) is 0 Å². The number of rotatable bonds is 4. The van der Waals surface area contributed by atoms with Crippen molar-refractivity contribution in [2.45, 2.75) is 19.3 Å². The standard InChI is InChI=1S/C16H14F2O2/c1-10(6-16(19)20)11-2-4-12(5-3-11)13-7-14(17)9-15(18)8-13/h2-5,7-10H,6H2,1H3,(H,19,20). The molecule has 0 saturated carbocycles. The predicted octanol–water partition coefficient (Wildman–Crippen LogP) is 4.21. The lowest BCUT2D eigenvalue weighted by atomic mass is 9.95. The van der Waals surface area contributed by atoms with Crippen molar-refractivity contribution < 1.29 is 18.7 Å². The lowest BCUT2D eigenvalue weighted by molar-refractivity contribution is -0.137. The fourth-order valence-electron chi connectivity index (χ4n) is 2.10. The third-order valence-corrected chi connectivity index (χ3v) is 3.16. The highest BCUT2D eigenvalue weighted by molar-refractivity contribution is 5.68. The Morgan fingerprint density at radius 2 is 1.60 bits per heavy atom. The molecule has 0 aliphatic carbocycles. The molecule has 4 heteroatoms. The van der Waals surface area contributed by atoms with Crippen LogP contribution in [0, 0.1) is 11.6 Å². The topological polar surface area (TPSA) is 37.3 Å². The van der Waals surface area contributed by atoms with Crippen molar-refractivity contribution in [3.05, 3.63) is 59.7 Å². The number of halogens is 2. The van der Waals surface area contributed by atoms with E-state index in [1.807, 2.05) is 6.92 Å². The molecule has 2 aromatic rings. The van der Waals surface area contributed by atoms with Gasteiger partial charge in [-0.2, -0.15) is 0 Å². The van der Waals surface area contributed by atoms with E-state index < -0.39 is 17.6 Å². The molecular weight excluding hydrogens is 262 g/mol. The van der Waals surface area contributed by atoms with Crippen LogP contribution in [0.2, 0.25) is 0 Å². The molecule has 1 unspecified atom stereocenters. The van der Waals surface area contributed by atoms with E-state index in [-0.39, 0.29) is 12.3 Å². The molecule has 0 fully saturated rings. The molecule has 2 nitrogen and oxygen atoms in total. The quantitative estimate of drug-likeness (QED) is 0.908. The summed E-state index contributed by atoms with van der Waals surface area (Å²) in [6.45, 7) is 1.82. The Labute approximate surface area is 115 Å². The first kappa shape index (κ1) is 14.2. The van der Waals surface area contributed by atoms with E-state index in [4.69, 9.17) is 5.11 Å². The minimum atomic E-state index is -0.853. The highest BCUT2D eigenvalue weighted by Gasteiger charge is 2.10. The smallest absolute Gasteiger partial charge is 0.303 e. The molecule has 0 bridgehead atoms. The summed E-state index contributed by atoms with van der Waals surface area (Å²) in [5, 5.41) is 8.76. The molecule has 0 amide bonds. The van der Waals surface area contributed by atoms with Gasteiger partial charge >= 0.3 is 5.97 Å². The summed E-state index contributed by atoms with van der Waals surface area (Å²) >= 11 is 0. The molecule has 0 spiro atoms. The van der Waals surface area contributed by atoms with Crippen molar-refractivity contribution in [3.63, 3.8) is 0 Å². The lowest BCUT2D eigenvalue weighted by Gasteiger charge is -2.10. The molecule has 2 rings (SSSR count). The molecule has 1 atom stereocenters. The van der Waals surface area contributed by atoms with Crippen LogP contribution in [-0.2, 0) is 4.79 Å². The van der Waals surface area contributed by atoms with Gasteiger partial charge in [0.05, 0.1) is 6.42 Å². The van der Waals surface area contributed by atoms with E-state index in [2.05, 4.69) is 0 Å².